The molecule has 0 aliphatic rings. The van der Waals surface area contributed by atoms with Crippen molar-refractivity contribution >= 4 is 23.9 Å². The molecule has 1 aromatic carbocycles. The van der Waals surface area contributed by atoms with E-state index in [-0.39, 0.29) is 12.5 Å². The van der Waals surface area contributed by atoms with Gasteiger partial charge in [0, 0.05) is 6.04 Å². The molecular formula is C25H39N3O6. The first-order valence-corrected chi connectivity index (χ1v) is 11.4. The lowest BCUT2D eigenvalue weighted by molar-refractivity contribution is -0.146. The first-order valence-electron chi connectivity index (χ1n) is 11.4. The molecule has 0 saturated carbocycles. The number of ether oxygens (including phenoxy) is 2. The maximum absolute atomic E-state index is 13.8. The SMILES string of the molecule is COC(=O)CNC(=O)C(c1cccc(C)c1)N(C(=O)C(NC(=O)OC(C)(C)C)C(C)C)C(C)C. The summed E-state index contributed by atoms with van der Waals surface area (Å²) in [7, 11) is 1.23. The van der Waals surface area contributed by atoms with Gasteiger partial charge in [0.25, 0.3) is 0 Å². The van der Waals surface area contributed by atoms with Crippen LogP contribution >= 0.6 is 0 Å². The first-order chi connectivity index (χ1) is 15.7. The third kappa shape index (κ3) is 8.68. The molecule has 190 valence electrons. The van der Waals surface area contributed by atoms with E-state index in [1.807, 2.05) is 19.1 Å². The van der Waals surface area contributed by atoms with Gasteiger partial charge >= 0.3 is 12.1 Å². The molecule has 2 unspecified atom stereocenters. The Morgan fingerprint density at radius 2 is 1.68 bits per heavy atom. The van der Waals surface area contributed by atoms with Crippen LogP contribution in [0.3, 0.4) is 0 Å². The van der Waals surface area contributed by atoms with Crippen LogP contribution in [0.15, 0.2) is 24.3 Å². The highest BCUT2D eigenvalue weighted by Crippen LogP contribution is 2.27. The summed E-state index contributed by atoms with van der Waals surface area (Å²) in [6.45, 7) is 13.9. The third-order valence-electron chi connectivity index (χ3n) is 4.93. The minimum Gasteiger partial charge on any atom is -0.468 e. The predicted octanol–water partition coefficient (Wildman–Crippen LogP) is 3.11. The van der Waals surface area contributed by atoms with Gasteiger partial charge in [0.2, 0.25) is 11.8 Å². The molecule has 0 spiro atoms. The fourth-order valence-corrected chi connectivity index (χ4v) is 3.40. The van der Waals surface area contributed by atoms with Crippen molar-refractivity contribution in [2.45, 2.75) is 79.1 Å². The number of hydrogen-bond donors (Lipinski definition) is 2. The Morgan fingerprint density at radius 3 is 2.15 bits per heavy atom. The first kappa shape index (κ1) is 28.9. The fourth-order valence-electron chi connectivity index (χ4n) is 3.40. The molecule has 1 rings (SSSR count). The van der Waals surface area contributed by atoms with E-state index in [1.165, 1.54) is 12.0 Å². The molecule has 0 aliphatic carbocycles. The molecule has 0 heterocycles. The Hall–Kier alpha value is -3.10. The topological polar surface area (TPSA) is 114 Å². The zero-order valence-electron chi connectivity index (χ0n) is 21.7. The lowest BCUT2D eigenvalue weighted by atomic mass is 9.96. The number of hydrogen-bond acceptors (Lipinski definition) is 6. The zero-order valence-corrected chi connectivity index (χ0v) is 21.7. The standard InChI is InChI=1S/C25H39N3O6/c1-15(2)20(27-24(32)34-25(6,7)8)23(31)28(16(3)4)21(18-12-10-11-17(5)13-18)22(30)26-14-19(29)33-9/h10-13,15-16,20-21H,14H2,1-9H3,(H,26,30)(H,27,32). The van der Waals surface area contributed by atoms with Gasteiger partial charge in [0.1, 0.15) is 24.2 Å². The maximum Gasteiger partial charge on any atom is 0.408 e. The van der Waals surface area contributed by atoms with Gasteiger partial charge in [-0.15, -0.1) is 0 Å². The molecule has 9 nitrogen and oxygen atoms in total. The second-order valence-electron chi connectivity index (χ2n) is 9.82. The number of benzene rings is 1. The molecule has 0 aliphatic heterocycles. The number of alkyl carbamates (subject to hydrolysis) is 1. The van der Waals surface area contributed by atoms with Gasteiger partial charge in [-0.25, -0.2) is 4.79 Å². The van der Waals surface area contributed by atoms with Crippen molar-refractivity contribution in [1.29, 1.82) is 0 Å². The number of carbonyl (C=O) groups excluding carboxylic acids is 4. The molecule has 0 saturated heterocycles. The highest BCUT2D eigenvalue weighted by molar-refractivity contribution is 5.93. The third-order valence-corrected chi connectivity index (χ3v) is 4.93. The van der Waals surface area contributed by atoms with Gasteiger partial charge in [-0.3, -0.25) is 14.4 Å². The van der Waals surface area contributed by atoms with Crippen molar-refractivity contribution in [2.24, 2.45) is 5.92 Å². The molecule has 3 amide bonds. The van der Waals surface area contributed by atoms with Crippen molar-refractivity contribution in [3.05, 3.63) is 35.4 Å². The van der Waals surface area contributed by atoms with Crippen molar-refractivity contribution in [3.63, 3.8) is 0 Å². The van der Waals surface area contributed by atoms with Crippen LogP contribution in [-0.4, -0.2) is 60.1 Å². The van der Waals surface area contributed by atoms with Crippen LogP contribution in [0.2, 0.25) is 0 Å². The Morgan fingerprint density at radius 1 is 1.06 bits per heavy atom. The number of methoxy groups -OCH3 is 1. The molecule has 34 heavy (non-hydrogen) atoms. The Labute approximate surface area is 202 Å². The Bertz CT molecular complexity index is 876. The van der Waals surface area contributed by atoms with Gasteiger partial charge in [-0.05, 0) is 53.0 Å². The van der Waals surface area contributed by atoms with Crippen LogP contribution in [0.1, 0.15) is 65.6 Å². The Balaban J connectivity index is 3.41. The minimum atomic E-state index is -1.03. The maximum atomic E-state index is 13.8. The van der Waals surface area contributed by atoms with E-state index in [4.69, 9.17) is 4.74 Å². The summed E-state index contributed by atoms with van der Waals surface area (Å²) >= 11 is 0. The molecule has 0 radical (unpaired) electrons. The van der Waals surface area contributed by atoms with E-state index in [1.54, 1.807) is 60.6 Å². The molecule has 2 atom stereocenters. The zero-order chi connectivity index (χ0) is 26.2. The van der Waals surface area contributed by atoms with Crippen LogP contribution in [0, 0.1) is 12.8 Å². The summed E-state index contributed by atoms with van der Waals surface area (Å²) in [5.74, 6) is -1.85. The molecule has 1 aromatic rings. The second-order valence-corrected chi connectivity index (χ2v) is 9.82. The summed E-state index contributed by atoms with van der Waals surface area (Å²) in [4.78, 5) is 52.6. The summed E-state index contributed by atoms with van der Waals surface area (Å²) in [5.41, 5.74) is 0.764. The van der Waals surface area contributed by atoms with Gasteiger partial charge in [0.05, 0.1) is 7.11 Å². The number of esters is 1. The van der Waals surface area contributed by atoms with Crippen molar-refractivity contribution in [2.75, 3.05) is 13.7 Å². The van der Waals surface area contributed by atoms with Crippen LogP contribution in [0.5, 0.6) is 0 Å². The van der Waals surface area contributed by atoms with Crippen molar-refractivity contribution < 1.29 is 28.7 Å². The number of nitrogens with zero attached hydrogens (tertiary/aromatic N) is 1. The summed E-state index contributed by atoms with van der Waals surface area (Å²) in [6.07, 6.45) is -0.717. The summed E-state index contributed by atoms with van der Waals surface area (Å²) < 4.78 is 9.96. The van der Waals surface area contributed by atoms with Gasteiger partial charge in [-0.1, -0.05) is 43.7 Å². The van der Waals surface area contributed by atoms with Crippen molar-refractivity contribution in [3.8, 4) is 0 Å². The van der Waals surface area contributed by atoms with E-state index in [2.05, 4.69) is 15.4 Å². The molecule has 0 fully saturated rings. The molecule has 9 heteroatoms. The normalized spacial score (nSPS) is 13.1. The highest BCUT2D eigenvalue weighted by atomic mass is 16.6. The fraction of sp³-hybridized carbons (Fsp3) is 0.600. The highest BCUT2D eigenvalue weighted by Gasteiger charge is 2.39. The largest absolute Gasteiger partial charge is 0.468 e. The van der Waals surface area contributed by atoms with Crippen molar-refractivity contribution in [1.82, 2.24) is 15.5 Å². The quantitative estimate of drug-likeness (QED) is 0.528. The van der Waals surface area contributed by atoms with Gasteiger partial charge in [-0.2, -0.15) is 0 Å². The summed E-state index contributed by atoms with van der Waals surface area (Å²) in [6, 6.07) is 4.89. The number of rotatable bonds is 9. The van der Waals surface area contributed by atoms with Crippen LogP contribution in [0.4, 0.5) is 4.79 Å². The van der Waals surface area contributed by atoms with Crippen LogP contribution in [-0.2, 0) is 23.9 Å². The molecule has 2 N–H and O–H groups in total. The molecular weight excluding hydrogens is 438 g/mol. The van der Waals surface area contributed by atoms with Gasteiger partial charge in [0.15, 0.2) is 0 Å². The smallest absolute Gasteiger partial charge is 0.408 e. The van der Waals surface area contributed by atoms with E-state index in [0.717, 1.165) is 5.56 Å². The molecule has 0 bridgehead atoms. The van der Waals surface area contributed by atoms with E-state index >= 15 is 0 Å². The Kier molecular flexibility index (Phi) is 10.5. The number of carbonyl (C=O) groups is 4. The summed E-state index contributed by atoms with van der Waals surface area (Å²) in [5, 5.41) is 5.23. The van der Waals surface area contributed by atoms with Crippen LogP contribution in [0.25, 0.3) is 0 Å². The van der Waals surface area contributed by atoms with Gasteiger partial charge < -0.3 is 25.0 Å². The predicted molar refractivity (Wildman–Crippen MR) is 129 cm³/mol. The lowest BCUT2D eigenvalue weighted by Crippen LogP contribution is -2.56. The van der Waals surface area contributed by atoms with E-state index in [9.17, 15) is 19.2 Å². The second kappa shape index (κ2) is 12.4. The van der Waals surface area contributed by atoms with E-state index < -0.39 is 47.6 Å². The average molecular weight is 478 g/mol. The number of aryl methyl sites for hydroxylation is 1. The van der Waals surface area contributed by atoms with E-state index in [0.29, 0.717) is 5.56 Å². The van der Waals surface area contributed by atoms with Crippen LogP contribution < -0.4 is 10.6 Å². The lowest BCUT2D eigenvalue weighted by Gasteiger charge is -2.38. The molecule has 0 aromatic heterocycles. The average Bonchev–Trinajstić information content (AvgIpc) is 2.71. The minimum absolute atomic E-state index is 0.280. The monoisotopic (exact) mass is 477 g/mol. The number of amides is 3. The number of nitrogens with one attached hydrogen (secondary N) is 2.